The van der Waals surface area contributed by atoms with Crippen LogP contribution in [0.25, 0.3) is 11.0 Å². The van der Waals surface area contributed by atoms with E-state index in [1.165, 1.54) is 6.08 Å². The first-order chi connectivity index (χ1) is 9.85. The van der Waals surface area contributed by atoms with Crippen LogP contribution in [0.4, 0.5) is 0 Å². The number of hydrogen-bond acceptors (Lipinski definition) is 5. The van der Waals surface area contributed by atoms with Gasteiger partial charge in [-0.15, -0.1) is 0 Å². The Hall–Kier alpha value is -2.22. The second kappa shape index (κ2) is 4.66. The van der Waals surface area contributed by atoms with Gasteiger partial charge in [0, 0.05) is 17.8 Å². The fraction of sp³-hybridized carbons (Fsp3) is 0.308. The van der Waals surface area contributed by atoms with Crippen LogP contribution in [0.5, 0.6) is 0 Å². The van der Waals surface area contributed by atoms with Gasteiger partial charge in [0.05, 0.1) is 17.5 Å². The predicted molar refractivity (Wildman–Crippen MR) is 77.4 cm³/mol. The van der Waals surface area contributed by atoms with Crippen molar-refractivity contribution in [2.45, 2.75) is 13.0 Å². The standard InChI is InChI=1S/C13H14N4O3S/c1-8-10-3-4-11(15-12(10)17(2)16-8)13(18)14-9-5-6-21(19,20)7-9/h3-6,9H,7H2,1-2H3,(H,14,18). The van der Waals surface area contributed by atoms with E-state index in [0.717, 1.165) is 16.5 Å². The lowest BCUT2D eigenvalue weighted by Gasteiger charge is -2.09. The van der Waals surface area contributed by atoms with Crippen molar-refractivity contribution in [3.8, 4) is 0 Å². The summed E-state index contributed by atoms with van der Waals surface area (Å²) in [4.78, 5) is 16.4. The zero-order chi connectivity index (χ0) is 15.2. The van der Waals surface area contributed by atoms with E-state index in [1.807, 2.05) is 6.92 Å². The summed E-state index contributed by atoms with van der Waals surface area (Å²) in [5, 5.41) is 8.90. The minimum Gasteiger partial charge on any atom is -0.343 e. The molecule has 1 amide bonds. The Balaban J connectivity index is 1.85. The Morgan fingerprint density at radius 3 is 2.86 bits per heavy atom. The van der Waals surface area contributed by atoms with Gasteiger partial charge in [-0.25, -0.2) is 13.4 Å². The molecule has 0 spiro atoms. The van der Waals surface area contributed by atoms with E-state index in [2.05, 4.69) is 15.4 Å². The zero-order valence-electron chi connectivity index (χ0n) is 11.6. The number of carbonyl (C=O) groups excluding carboxylic acids is 1. The van der Waals surface area contributed by atoms with Crippen LogP contribution < -0.4 is 5.32 Å². The summed E-state index contributed by atoms with van der Waals surface area (Å²) >= 11 is 0. The monoisotopic (exact) mass is 306 g/mol. The number of amides is 1. The summed E-state index contributed by atoms with van der Waals surface area (Å²) in [5.41, 5.74) is 1.70. The number of hydrogen-bond donors (Lipinski definition) is 1. The molecule has 0 saturated heterocycles. The first kappa shape index (κ1) is 13.7. The molecule has 0 aliphatic carbocycles. The quantitative estimate of drug-likeness (QED) is 0.862. The van der Waals surface area contributed by atoms with Gasteiger partial charge in [-0.05, 0) is 25.1 Å². The Morgan fingerprint density at radius 2 is 2.19 bits per heavy atom. The third kappa shape index (κ3) is 2.54. The van der Waals surface area contributed by atoms with Crippen molar-refractivity contribution in [1.29, 1.82) is 0 Å². The number of rotatable bonds is 2. The van der Waals surface area contributed by atoms with Crippen molar-refractivity contribution in [3.05, 3.63) is 35.0 Å². The van der Waals surface area contributed by atoms with Gasteiger partial charge in [-0.3, -0.25) is 9.48 Å². The fourth-order valence-corrected chi connectivity index (χ4v) is 3.57. The van der Waals surface area contributed by atoms with E-state index < -0.39 is 21.8 Å². The molecular formula is C13H14N4O3S. The molecule has 21 heavy (non-hydrogen) atoms. The molecule has 7 nitrogen and oxygen atoms in total. The fourth-order valence-electron chi connectivity index (χ4n) is 2.34. The summed E-state index contributed by atoms with van der Waals surface area (Å²) in [7, 11) is -1.43. The van der Waals surface area contributed by atoms with Gasteiger partial charge in [-0.2, -0.15) is 5.10 Å². The normalized spacial score (nSPS) is 20.0. The van der Waals surface area contributed by atoms with Crippen LogP contribution >= 0.6 is 0 Å². The van der Waals surface area contributed by atoms with E-state index >= 15 is 0 Å². The summed E-state index contributed by atoms with van der Waals surface area (Å²) < 4.78 is 24.2. The van der Waals surface area contributed by atoms with Crippen molar-refractivity contribution in [2.24, 2.45) is 7.05 Å². The Morgan fingerprint density at radius 1 is 1.43 bits per heavy atom. The molecular weight excluding hydrogens is 292 g/mol. The number of fused-ring (bicyclic) bond motifs is 1. The number of aryl methyl sites for hydroxylation is 2. The summed E-state index contributed by atoms with van der Waals surface area (Å²) in [6.07, 6.45) is 1.47. The van der Waals surface area contributed by atoms with Crippen LogP contribution in [0.2, 0.25) is 0 Å². The number of nitrogens with one attached hydrogen (secondary N) is 1. The van der Waals surface area contributed by atoms with Crippen LogP contribution in [0.1, 0.15) is 16.2 Å². The first-order valence-electron chi connectivity index (χ1n) is 6.38. The number of sulfone groups is 1. The van der Waals surface area contributed by atoms with Crippen LogP contribution in [-0.2, 0) is 16.9 Å². The number of pyridine rings is 1. The van der Waals surface area contributed by atoms with E-state index in [4.69, 9.17) is 0 Å². The van der Waals surface area contributed by atoms with Gasteiger partial charge in [0.2, 0.25) is 0 Å². The maximum absolute atomic E-state index is 12.1. The van der Waals surface area contributed by atoms with E-state index in [0.29, 0.717) is 5.65 Å². The topological polar surface area (TPSA) is 93.9 Å². The van der Waals surface area contributed by atoms with Gasteiger partial charge >= 0.3 is 0 Å². The summed E-state index contributed by atoms with van der Waals surface area (Å²) in [6.45, 7) is 1.87. The SMILES string of the molecule is Cc1nn(C)c2nc(C(=O)NC3C=CS(=O)(=O)C3)ccc12. The Kier molecular flexibility index (Phi) is 3.05. The Labute approximate surface area is 121 Å². The largest absolute Gasteiger partial charge is 0.343 e. The van der Waals surface area contributed by atoms with Gasteiger partial charge in [-0.1, -0.05) is 0 Å². The lowest BCUT2D eigenvalue weighted by molar-refractivity contribution is 0.0943. The molecule has 2 aromatic heterocycles. The first-order valence-corrected chi connectivity index (χ1v) is 8.09. The summed E-state index contributed by atoms with van der Waals surface area (Å²) in [6, 6.07) is 2.90. The molecule has 0 fully saturated rings. The Bertz CT molecular complexity index is 867. The maximum atomic E-state index is 12.1. The zero-order valence-corrected chi connectivity index (χ0v) is 12.4. The maximum Gasteiger partial charge on any atom is 0.270 e. The molecule has 8 heteroatoms. The average Bonchev–Trinajstić information content (AvgIpc) is 2.90. The van der Waals surface area contributed by atoms with Crippen LogP contribution in [0.3, 0.4) is 0 Å². The number of carbonyl (C=O) groups is 1. The molecule has 2 aromatic rings. The van der Waals surface area contributed by atoms with Crippen LogP contribution in [-0.4, -0.2) is 40.9 Å². The third-order valence-corrected chi connectivity index (χ3v) is 4.75. The van der Waals surface area contributed by atoms with Crippen molar-refractivity contribution in [3.63, 3.8) is 0 Å². The minimum absolute atomic E-state index is 0.105. The lowest BCUT2D eigenvalue weighted by atomic mass is 10.2. The van der Waals surface area contributed by atoms with E-state index in [9.17, 15) is 13.2 Å². The molecule has 3 rings (SSSR count). The second-order valence-corrected chi connectivity index (χ2v) is 6.95. The highest BCUT2D eigenvalue weighted by atomic mass is 32.2. The molecule has 110 valence electrons. The average molecular weight is 306 g/mol. The molecule has 1 atom stereocenters. The van der Waals surface area contributed by atoms with E-state index in [-0.39, 0.29) is 11.4 Å². The molecule has 0 saturated carbocycles. The highest BCUT2D eigenvalue weighted by Crippen LogP contribution is 2.16. The molecule has 1 aliphatic heterocycles. The minimum atomic E-state index is -3.19. The molecule has 1 aliphatic rings. The molecule has 0 radical (unpaired) electrons. The van der Waals surface area contributed by atoms with Crippen molar-refractivity contribution >= 4 is 26.8 Å². The van der Waals surface area contributed by atoms with Gasteiger partial charge in [0.15, 0.2) is 15.5 Å². The van der Waals surface area contributed by atoms with Crippen molar-refractivity contribution in [1.82, 2.24) is 20.1 Å². The second-order valence-electron chi connectivity index (χ2n) is 5.01. The van der Waals surface area contributed by atoms with Gasteiger partial charge < -0.3 is 5.32 Å². The highest BCUT2D eigenvalue weighted by molar-refractivity contribution is 7.94. The molecule has 1 unspecified atom stereocenters. The predicted octanol–water partition coefficient (Wildman–Crippen LogP) is 0.317. The molecule has 1 N–H and O–H groups in total. The number of aromatic nitrogens is 3. The number of nitrogens with zero attached hydrogens (tertiary/aromatic N) is 3. The van der Waals surface area contributed by atoms with Crippen LogP contribution in [0, 0.1) is 6.92 Å². The van der Waals surface area contributed by atoms with Crippen molar-refractivity contribution in [2.75, 3.05) is 5.75 Å². The molecule has 3 heterocycles. The van der Waals surface area contributed by atoms with Crippen LogP contribution in [0.15, 0.2) is 23.6 Å². The van der Waals surface area contributed by atoms with E-state index in [1.54, 1.807) is 23.9 Å². The smallest absolute Gasteiger partial charge is 0.270 e. The molecule has 0 aromatic carbocycles. The van der Waals surface area contributed by atoms with Gasteiger partial charge in [0.1, 0.15) is 5.69 Å². The van der Waals surface area contributed by atoms with Gasteiger partial charge in [0.25, 0.3) is 5.91 Å². The highest BCUT2D eigenvalue weighted by Gasteiger charge is 2.24. The summed E-state index contributed by atoms with van der Waals surface area (Å²) in [5.74, 6) is -0.506. The third-order valence-electron chi connectivity index (χ3n) is 3.35. The molecule has 0 bridgehead atoms. The van der Waals surface area contributed by atoms with Crippen molar-refractivity contribution < 1.29 is 13.2 Å². The lowest BCUT2D eigenvalue weighted by Crippen LogP contribution is -2.35.